The van der Waals surface area contributed by atoms with E-state index in [0.717, 1.165) is 19.3 Å². The van der Waals surface area contributed by atoms with Crippen LogP contribution in [0.25, 0.3) is 0 Å². The van der Waals surface area contributed by atoms with Crippen molar-refractivity contribution < 1.29 is 19.1 Å². The highest BCUT2D eigenvalue weighted by atomic mass is 16.6. The van der Waals surface area contributed by atoms with E-state index >= 15 is 0 Å². The Kier molecular flexibility index (Phi) is 3.06. The lowest BCUT2D eigenvalue weighted by molar-refractivity contribution is -0.0379. The first-order chi connectivity index (χ1) is 7.27. The summed E-state index contributed by atoms with van der Waals surface area (Å²) in [7, 11) is 0. The summed E-state index contributed by atoms with van der Waals surface area (Å²) in [4.78, 5) is 11.5. The maximum Gasteiger partial charge on any atom is 0.374 e. The van der Waals surface area contributed by atoms with Crippen LogP contribution in [0, 0.1) is 0 Å². The molecule has 1 aromatic rings. The number of aliphatic hydroxyl groups is 1. The third-order valence-corrected chi connectivity index (χ3v) is 2.65. The van der Waals surface area contributed by atoms with Crippen molar-refractivity contribution in [2.24, 2.45) is 0 Å². The van der Waals surface area contributed by atoms with Crippen LogP contribution in [-0.4, -0.2) is 23.3 Å². The molecule has 0 aliphatic heterocycles. The number of ether oxygens (including phenoxy) is 1. The highest BCUT2D eigenvalue weighted by Gasteiger charge is 2.27. The third kappa shape index (κ3) is 2.39. The molecule has 1 N–H and O–H groups in total. The molecule has 2 rings (SSSR count). The van der Waals surface area contributed by atoms with Crippen molar-refractivity contribution in [1.29, 1.82) is 0 Å². The molecule has 15 heavy (non-hydrogen) atoms. The fourth-order valence-corrected chi connectivity index (χ4v) is 1.81. The summed E-state index contributed by atoms with van der Waals surface area (Å²) in [6, 6.07) is 3.19. The lowest BCUT2D eigenvalue weighted by Crippen LogP contribution is -2.34. The highest BCUT2D eigenvalue weighted by Crippen LogP contribution is 2.22. The largest absolute Gasteiger partial charge is 0.457 e. The molecule has 0 spiro atoms. The van der Waals surface area contributed by atoms with Gasteiger partial charge in [0, 0.05) is 0 Å². The van der Waals surface area contributed by atoms with Gasteiger partial charge in [-0.1, -0.05) is 6.42 Å². The summed E-state index contributed by atoms with van der Waals surface area (Å²) >= 11 is 0. The Morgan fingerprint density at radius 3 is 2.93 bits per heavy atom. The van der Waals surface area contributed by atoms with Gasteiger partial charge in [-0.2, -0.15) is 0 Å². The third-order valence-electron chi connectivity index (χ3n) is 2.65. The Morgan fingerprint density at radius 2 is 2.27 bits per heavy atom. The first-order valence-corrected chi connectivity index (χ1v) is 5.20. The fraction of sp³-hybridized carbons (Fsp3) is 0.545. The number of esters is 1. The second-order valence-electron chi connectivity index (χ2n) is 3.77. The normalized spacial score (nSPS) is 26.2. The number of hydrogen-bond acceptors (Lipinski definition) is 4. The Balaban J connectivity index is 1.93. The van der Waals surface area contributed by atoms with Crippen LogP contribution in [0.2, 0.25) is 0 Å². The van der Waals surface area contributed by atoms with Gasteiger partial charge in [-0.3, -0.25) is 0 Å². The van der Waals surface area contributed by atoms with E-state index in [1.54, 1.807) is 12.1 Å². The van der Waals surface area contributed by atoms with Gasteiger partial charge >= 0.3 is 5.97 Å². The van der Waals surface area contributed by atoms with Crippen molar-refractivity contribution in [1.82, 2.24) is 0 Å². The minimum absolute atomic E-state index is 0.188. The topological polar surface area (TPSA) is 59.7 Å². The van der Waals surface area contributed by atoms with Gasteiger partial charge in [0.15, 0.2) is 0 Å². The quantitative estimate of drug-likeness (QED) is 0.755. The number of carbonyl (C=O) groups excluding carboxylic acids is 1. The van der Waals surface area contributed by atoms with Gasteiger partial charge < -0.3 is 14.3 Å². The van der Waals surface area contributed by atoms with Crippen molar-refractivity contribution in [3.8, 4) is 0 Å². The highest BCUT2D eigenvalue weighted by molar-refractivity contribution is 5.86. The molecule has 2 atom stereocenters. The van der Waals surface area contributed by atoms with Gasteiger partial charge in [-0.15, -0.1) is 0 Å². The van der Waals surface area contributed by atoms with E-state index < -0.39 is 12.1 Å². The molecule has 1 heterocycles. The van der Waals surface area contributed by atoms with Crippen LogP contribution < -0.4 is 0 Å². The molecule has 0 radical (unpaired) electrons. The average Bonchev–Trinajstić information content (AvgIpc) is 2.74. The number of hydrogen-bond donors (Lipinski definition) is 1. The molecule has 1 aliphatic rings. The first kappa shape index (κ1) is 10.2. The average molecular weight is 210 g/mol. The predicted molar refractivity (Wildman–Crippen MR) is 52.4 cm³/mol. The van der Waals surface area contributed by atoms with E-state index in [0.29, 0.717) is 6.42 Å². The molecule has 0 saturated heterocycles. The zero-order valence-electron chi connectivity index (χ0n) is 8.39. The van der Waals surface area contributed by atoms with E-state index in [-0.39, 0.29) is 11.9 Å². The maximum atomic E-state index is 11.5. The number of carbonyl (C=O) groups is 1. The molecule has 0 bridgehead atoms. The second-order valence-corrected chi connectivity index (χ2v) is 3.77. The van der Waals surface area contributed by atoms with Gasteiger partial charge in [0.05, 0.1) is 12.4 Å². The molecule has 4 heteroatoms. The van der Waals surface area contributed by atoms with Crippen LogP contribution in [0.1, 0.15) is 36.2 Å². The minimum Gasteiger partial charge on any atom is -0.457 e. The summed E-state index contributed by atoms with van der Waals surface area (Å²) in [6.07, 6.45) is 3.94. The summed E-state index contributed by atoms with van der Waals surface area (Å²) in [5.74, 6) is -0.307. The van der Waals surface area contributed by atoms with Gasteiger partial charge in [-0.25, -0.2) is 4.79 Å². The molecule has 0 amide bonds. The van der Waals surface area contributed by atoms with Crippen LogP contribution in [0.3, 0.4) is 0 Å². The van der Waals surface area contributed by atoms with Gasteiger partial charge in [0.2, 0.25) is 5.76 Å². The maximum absolute atomic E-state index is 11.5. The monoisotopic (exact) mass is 210 g/mol. The minimum atomic E-state index is -0.530. The number of furan rings is 1. The van der Waals surface area contributed by atoms with Gasteiger partial charge in [-0.05, 0) is 31.4 Å². The Hall–Kier alpha value is -1.29. The lowest BCUT2D eigenvalue weighted by Gasteiger charge is -2.26. The zero-order valence-corrected chi connectivity index (χ0v) is 8.39. The molecule has 1 saturated carbocycles. The summed E-state index contributed by atoms with van der Waals surface area (Å²) < 4.78 is 10.1. The van der Waals surface area contributed by atoms with Crippen molar-refractivity contribution >= 4 is 5.97 Å². The van der Waals surface area contributed by atoms with Crippen molar-refractivity contribution in [3.63, 3.8) is 0 Å². The van der Waals surface area contributed by atoms with Crippen molar-refractivity contribution in [3.05, 3.63) is 24.2 Å². The van der Waals surface area contributed by atoms with Crippen LogP contribution in [-0.2, 0) is 4.74 Å². The molecular weight excluding hydrogens is 196 g/mol. The molecule has 0 unspecified atom stereocenters. The zero-order chi connectivity index (χ0) is 10.7. The van der Waals surface area contributed by atoms with Gasteiger partial charge in [0.25, 0.3) is 0 Å². The van der Waals surface area contributed by atoms with Crippen LogP contribution in [0.15, 0.2) is 22.8 Å². The fourth-order valence-electron chi connectivity index (χ4n) is 1.81. The van der Waals surface area contributed by atoms with E-state index in [9.17, 15) is 9.90 Å². The van der Waals surface area contributed by atoms with Crippen LogP contribution >= 0.6 is 0 Å². The second kappa shape index (κ2) is 4.49. The SMILES string of the molecule is O=C(O[C@@H]1CCCC[C@@H]1O)c1ccco1. The first-order valence-electron chi connectivity index (χ1n) is 5.20. The Morgan fingerprint density at radius 1 is 1.47 bits per heavy atom. The number of rotatable bonds is 2. The van der Waals surface area contributed by atoms with E-state index in [4.69, 9.17) is 9.15 Å². The Labute approximate surface area is 87.8 Å². The van der Waals surface area contributed by atoms with Crippen molar-refractivity contribution in [2.45, 2.75) is 37.9 Å². The van der Waals surface area contributed by atoms with Crippen LogP contribution in [0.4, 0.5) is 0 Å². The van der Waals surface area contributed by atoms with E-state index in [1.165, 1.54) is 6.26 Å². The van der Waals surface area contributed by atoms with Crippen molar-refractivity contribution in [2.75, 3.05) is 0 Å². The molecule has 1 fully saturated rings. The van der Waals surface area contributed by atoms with E-state index in [1.807, 2.05) is 0 Å². The van der Waals surface area contributed by atoms with Crippen LogP contribution in [0.5, 0.6) is 0 Å². The summed E-state index contributed by atoms with van der Waals surface area (Å²) in [5, 5.41) is 9.61. The molecule has 0 aromatic carbocycles. The molecule has 4 nitrogen and oxygen atoms in total. The van der Waals surface area contributed by atoms with E-state index in [2.05, 4.69) is 0 Å². The lowest BCUT2D eigenvalue weighted by atomic mass is 9.95. The standard InChI is InChI=1S/C11H14O4/c12-8-4-1-2-5-9(8)15-11(13)10-6-3-7-14-10/h3,6-9,12H,1-2,4-5H2/t8-,9+/m0/s1. The predicted octanol–water partition coefficient (Wildman–Crippen LogP) is 1.74. The van der Waals surface area contributed by atoms with Gasteiger partial charge in [0.1, 0.15) is 6.10 Å². The number of aliphatic hydroxyl groups excluding tert-OH is 1. The Bertz CT molecular complexity index is 317. The smallest absolute Gasteiger partial charge is 0.374 e. The molecule has 1 aromatic heterocycles. The summed E-state index contributed by atoms with van der Waals surface area (Å²) in [5.41, 5.74) is 0. The molecule has 82 valence electrons. The summed E-state index contributed by atoms with van der Waals surface area (Å²) in [6.45, 7) is 0. The molecular formula is C11H14O4. The molecule has 1 aliphatic carbocycles.